The molecule has 2 atom stereocenters. The maximum Gasteiger partial charge on any atom is 0.490 e. The van der Waals surface area contributed by atoms with Gasteiger partial charge in [0, 0.05) is 40.5 Å². The van der Waals surface area contributed by atoms with Crippen LogP contribution in [0.2, 0.25) is 5.02 Å². The van der Waals surface area contributed by atoms with E-state index in [1.807, 2.05) is 13.0 Å². The van der Waals surface area contributed by atoms with Gasteiger partial charge in [-0.2, -0.15) is 31.4 Å². The van der Waals surface area contributed by atoms with E-state index in [4.69, 9.17) is 31.3 Å². The molecule has 0 aliphatic carbocycles. The van der Waals surface area contributed by atoms with Crippen LogP contribution in [0.25, 0.3) is 33.9 Å². The number of carboxylic acid groups (broad SMARTS) is 1. The summed E-state index contributed by atoms with van der Waals surface area (Å²) in [5.74, 6) is -2.96. The Balaban J connectivity index is 0.000000743. The first-order chi connectivity index (χ1) is 27.4. The summed E-state index contributed by atoms with van der Waals surface area (Å²) < 4.78 is 81.0. The molecule has 0 unspecified atom stereocenters. The number of rotatable bonds is 5. The van der Waals surface area contributed by atoms with Crippen molar-refractivity contribution in [3.05, 3.63) is 106 Å². The highest BCUT2D eigenvalue weighted by Crippen LogP contribution is 2.35. The van der Waals surface area contributed by atoms with Crippen molar-refractivity contribution in [3.8, 4) is 39.8 Å². The number of carboxylic acids is 1. The monoisotopic (exact) mass is 830 g/mol. The standard InChI is InChI=1S/C34H28ClF3N10O3.C2HF3O2/c1-19-5-3-6-27(24-13-20(10-12-39-24)31-25(42-32(19)50)16-47(44-31)28-7-4-11-40-33(28)51-2)46-18-41-23(15-30(46)49)22-14-21(35)8-9-26(22)48-17-29(43-45-48)34(36,37)38;3-2(4,5)1(6)7/h4,7-19,27H,3,5-6H2,1-2H3,(H,42,50);(H,6,7)/t19-,27+;/m1./s1. The molecule has 7 rings (SSSR count). The summed E-state index contributed by atoms with van der Waals surface area (Å²) in [6.45, 7) is 1.83. The van der Waals surface area contributed by atoms with Crippen LogP contribution < -0.4 is 15.6 Å². The van der Waals surface area contributed by atoms with Crippen LogP contribution in [0.4, 0.5) is 32.0 Å². The Labute approximate surface area is 327 Å². The van der Waals surface area contributed by atoms with Gasteiger partial charge in [-0.1, -0.05) is 30.2 Å². The van der Waals surface area contributed by atoms with Gasteiger partial charge in [0.05, 0.1) is 54.6 Å². The molecule has 15 nitrogen and oxygen atoms in total. The van der Waals surface area contributed by atoms with Gasteiger partial charge in [0.15, 0.2) is 5.69 Å². The lowest BCUT2D eigenvalue weighted by molar-refractivity contribution is -0.192. The lowest BCUT2D eigenvalue weighted by atomic mass is 9.97. The first-order valence-corrected chi connectivity index (χ1v) is 17.4. The van der Waals surface area contributed by atoms with E-state index in [0.29, 0.717) is 53.5 Å². The number of amides is 1. The van der Waals surface area contributed by atoms with Gasteiger partial charge in [-0.15, -0.1) is 5.10 Å². The molecule has 6 heterocycles. The molecule has 0 fully saturated rings. The molecule has 0 spiro atoms. The second-order valence-corrected chi connectivity index (χ2v) is 13.1. The van der Waals surface area contributed by atoms with E-state index < -0.39 is 35.6 Å². The van der Waals surface area contributed by atoms with Crippen LogP contribution in [0.15, 0.2) is 84.4 Å². The quantitative estimate of drug-likeness (QED) is 0.174. The molecule has 302 valence electrons. The van der Waals surface area contributed by atoms with Gasteiger partial charge in [0.1, 0.15) is 11.4 Å². The summed E-state index contributed by atoms with van der Waals surface area (Å²) in [6, 6.07) is 12.3. The number of anilines is 1. The zero-order valence-electron chi connectivity index (χ0n) is 30.0. The number of pyridine rings is 2. The van der Waals surface area contributed by atoms with Crippen LogP contribution in [0.5, 0.6) is 5.88 Å². The fraction of sp³-hybridized carbons (Fsp3) is 0.250. The second-order valence-electron chi connectivity index (χ2n) is 12.7. The second kappa shape index (κ2) is 16.5. The van der Waals surface area contributed by atoms with Gasteiger partial charge in [-0.05, 0) is 55.3 Å². The number of fused-ring (bicyclic) bond motifs is 4. The molecule has 1 amide bonds. The number of ether oxygens (including phenoxy) is 1. The highest BCUT2D eigenvalue weighted by molar-refractivity contribution is 6.31. The molecular weight excluding hydrogens is 802 g/mol. The first-order valence-electron chi connectivity index (χ1n) is 17.0. The summed E-state index contributed by atoms with van der Waals surface area (Å²) in [5, 5.41) is 22.1. The molecule has 6 aromatic rings. The highest BCUT2D eigenvalue weighted by Gasteiger charge is 2.38. The number of aliphatic carboxylic acids is 1. The number of nitrogens with one attached hydrogen (secondary N) is 1. The summed E-state index contributed by atoms with van der Waals surface area (Å²) in [5.41, 5.74) is 1.74. The number of halogens is 7. The lowest BCUT2D eigenvalue weighted by Gasteiger charge is -2.22. The number of benzene rings is 1. The van der Waals surface area contributed by atoms with E-state index in [2.05, 4.69) is 30.6 Å². The number of alkyl halides is 6. The maximum absolute atomic E-state index is 13.9. The number of carbonyl (C=O) groups is 2. The Bertz CT molecular complexity index is 2540. The van der Waals surface area contributed by atoms with Crippen molar-refractivity contribution in [2.45, 2.75) is 44.6 Å². The molecule has 1 aliphatic rings. The molecule has 1 aromatic carbocycles. The molecule has 0 saturated carbocycles. The topological polar surface area (TPSA) is 185 Å². The van der Waals surface area contributed by atoms with Crippen molar-refractivity contribution in [1.29, 1.82) is 0 Å². The number of nitrogens with zero attached hydrogens (tertiary/aromatic N) is 9. The van der Waals surface area contributed by atoms with Crippen LogP contribution in [-0.2, 0) is 15.8 Å². The van der Waals surface area contributed by atoms with Crippen LogP contribution in [0, 0.1) is 5.92 Å². The zero-order valence-corrected chi connectivity index (χ0v) is 30.8. The Morgan fingerprint density at radius 2 is 1.71 bits per heavy atom. The average molecular weight is 831 g/mol. The Kier molecular flexibility index (Phi) is 11.6. The molecule has 1 aliphatic heterocycles. The minimum atomic E-state index is -5.08. The largest absolute Gasteiger partial charge is 0.490 e. The van der Waals surface area contributed by atoms with Crippen LogP contribution >= 0.6 is 11.6 Å². The van der Waals surface area contributed by atoms with E-state index >= 15 is 0 Å². The fourth-order valence-electron chi connectivity index (χ4n) is 5.94. The van der Waals surface area contributed by atoms with Crippen molar-refractivity contribution in [2.24, 2.45) is 5.92 Å². The Morgan fingerprint density at radius 1 is 0.948 bits per heavy atom. The highest BCUT2D eigenvalue weighted by atomic mass is 35.5. The molecular formula is C36H29ClF6N10O5. The molecule has 58 heavy (non-hydrogen) atoms. The molecule has 2 N–H and O–H groups in total. The predicted octanol–water partition coefficient (Wildman–Crippen LogP) is 6.80. The van der Waals surface area contributed by atoms with Gasteiger partial charge in [-0.3, -0.25) is 19.1 Å². The van der Waals surface area contributed by atoms with Crippen molar-refractivity contribution in [3.63, 3.8) is 0 Å². The lowest BCUT2D eigenvalue weighted by Crippen LogP contribution is -2.27. The van der Waals surface area contributed by atoms with E-state index in [0.717, 1.165) is 10.9 Å². The van der Waals surface area contributed by atoms with E-state index in [1.165, 1.54) is 42.3 Å². The number of aromatic nitrogens is 9. The van der Waals surface area contributed by atoms with Crippen molar-refractivity contribution in [2.75, 3.05) is 12.4 Å². The Hall–Kier alpha value is -6.64. The Morgan fingerprint density at radius 3 is 2.38 bits per heavy atom. The van der Waals surface area contributed by atoms with Crippen molar-refractivity contribution < 1.29 is 45.8 Å². The summed E-state index contributed by atoms with van der Waals surface area (Å²) in [4.78, 5) is 49.5. The zero-order chi connectivity index (χ0) is 41.9. The third-order valence-electron chi connectivity index (χ3n) is 8.80. The van der Waals surface area contributed by atoms with Crippen molar-refractivity contribution >= 4 is 29.2 Å². The number of methoxy groups -OCH3 is 1. The normalized spacial score (nSPS) is 15.8. The summed E-state index contributed by atoms with van der Waals surface area (Å²) in [6.07, 6.45) is -1.20. The van der Waals surface area contributed by atoms with Crippen LogP contribution in [0.3, 0.4) is 0 Å². The van der Waals surface area contributed by atoms with Crippen LogP contribution in [-0.4, -0.2) is 74.6 Å². The van der Waals surface area contributed by atoms with Gasteiger partial charge in [-0.25, -0.2) is 24.1 Å². The molecule has 2 bridgehead atoms. The van der Waals surface area contributed by atoms with Gasteiger partial charge < -0.3 is 15.2 Å². The average Bonchev–Trinajstić information content (AvgIpc) is 3.85. The maximum atomic E-state index is 13.9. The minimum absolute atomic E-state index is 0.166. The molecule has 0 radical (unpaired) electrons. The van der Waals surface area contributed by atoms with Gasteiger partial charge in [0.2, 0.25) is 11.8 Å². The number of hydrogen-bond donors (Lipinski definition) is 2. The van der Waals surface area contributed by atoms with Gasteiger partial charge >= 0.3 is 18.3 Å². The molecule has 5 aromatic heterocycles. The summed E-state index contributed by atoms with van der Waals surface area (Å²) in [7, 11) is 1.51. The molecule has 0 saturated heterocycles. The first kappa shape index (κ1) is 41.0. The fourth-order valence-corrected chi connectivity index (χ4v) is 6.12. The SMILES string of the molecule is COc1ncccc1-n1cc2c(n1)-c1ccnc(c1)[C@@H](n1cnc(-c3cc(Cl)ccc3-n3cc(C(F)(F)F)nn3)cc1=O)CCC[C@@H](C)C(=O)N2.O=C(O)C(F)(F)F. The third-order valence-corrected chi connectivity index (χ3v) is 9.04. The van der Waals surface area contributed by atoms with Gasteiger partial charge in [0.25, 0.3) is 5.56 Å². The smallest absolute Gasteiger partial charge is 0.479 e. The number of carbonyl (C=O) groups excluding carboxylic acids is 1. The minimum Gasteiger partial charge on any atom is -0.479 e. The third kappa shape index (κ3) is 8.98. The van der Waals surface area contributed by atoms with Crippen LogP contribution in [0.1, 0.15) is 43.6 Å². The van der Waals surface area contributed by atoms with Crippen molar-refractivity contribution in [1.82, 2.24) is 44.3 Å². The summed E-state index contributed by atoms with van der Waals surface area (Å²) >= 11 is 6.27. The number of hydrogen-bond acceptors (Lipinski definition) is 10. The predicted molar refractivity (Wildman–Crippen MR) is 193 cm³/mol. The van der Waals surface area contributed by atoms with E-state index in [1.54, 1.807) is 41.5 Å². The van der Waals surface area contributed by atoms with E-state index in [9.17, 15) is 35.9 Å². The molecule has 22 heteroatoms. The van der Waals surface area contributed by atoms with E-state index in [-0.39, 0.29) is 33.8 Å².